The van der Waals surface area contributed by atoms with Gasteiger partial charge in [-0.05, 0) is 68.0 Å². The van der Waals surface area contributed by atoms with Crippen LogP contribution < -0.4 is 14.4 Å². The Morgan fingerprint density at radius 1 is 0.909 bits per heavy atom. The Morgan fingerprint density at radius 3 is 2.30 bits per heavy atom. The lowest BCUT2D eigenvalue weighted by Gasteiger charge is -2.34. The third-order valence-corrected chi connectivity index (χ3v) is 9.54. The summed E-state index contributed by atoms with van der Waals surface area (Å²) in [7, 11) is -2.15. The zero-order chi connectivity index (χ0) is 31.5. The number of anilines is 1. The fraction of sp³-hybridized carbons (Fsp3) is 0.314. The van der Waals surface area contributed by atoms with Crippen molar-refractivity contribution >= 4 is 38.3 Å². The first-order chi connectivity index (χ1) is 21.0. The Morgan fingerprint density at radius 2 is 1.59 bits per heavy atom. The molecule has 1 heterocycles. The standard InChI is InChI=1S/C35H39N3O5S/c1-35(2,3)36-34(40)30(23-25-12-6-5-7-13-25)37(24-26-14-8-17-28(22-26)43-4)32(39)20-11-21-38-29-18-9-15-27-16-10-19-31(33(27)29)44(38,41)42/h5-10,12-19,22,30H,11,20-21,23-24H2,1-4H3,(H,36,40)/t30-/m1/s1. The summed E-state index contributed by atoms with van der Waals surface area (Å²) >= 11 is 0. The van der Waals surface area contributed by atoms with Gasteiger partial charge in [-0.2, -0.15) is 0 Å². The van der Waals surface area contributed by atoms with Crippen LogP contribution in [0.15, 0.2) is 95.9 Å². The van der Waals surface area contributed by atoms with Crippen molar-refractivity contribution in [3.8, 4) is 5.75 Å². The van der Waals surface area contributed by atoms with Crippen LogP contribution in [-0.2, 0) is 32.6 Å². The van der Waals surface area contributed by atoms with Crippen molar-refractivity contribution in [2.75, 3.05) is 18.0 Å². The molecule has 0 aromatic heterocycles. The normalized spacial score (nSPS) is 14.3. The predicted octanol–water partition coefficient (Wildman–Crippen LogP) is 5.69. The third kappa shape index (κ3) is 6.73. The largest absolute Gasteiger partial charge is 0.497 e. The van der Waals surface area contributed by atoms with Crippen LogP contribution in [0.2, 0.25) is 0 Å². The molecule has 0 aliphatic carbocycles. The number of amides is 2. The van der Waals surface area contributed by atoms with Gasteiger partial charge in [-0.3, -0.25) is 13.9 Å². The van der Waals surface area contributed by atoms with Crippen LogP contribution in [0, 0.1) is 0 Å². The number of ether oxygens (including phenoxy) is 1. The van der Waals surface area contributed by atoms with E-state index in [0.717, 1.165) is 16.5 Å². The van der Waals surface area contributed by atoms with Crippen LogP contribution in [0.5, 0.6) is 5.75 Å². The highest BCUT2D eigenvalue weighted by molar-refractivity contribution is 7.93. The molecule has 9 heteroatoms. The van der Waals surface area contributed by atoms with Gasteiger partial charge in [0.1, 0.15) is 11.8 Å². The molecule has 230 valence electrons. The quantitative estimate of drug-likeness (QED) is 0.235. The van der Waals surface area contributed by atoms with E-state index in [-0.39, 0.29) is 37.7 Å². The van der Waals surface area contributed by atoms with E-state index in [9.17, 15) is 18.0 Å². The first-order valence-corrected chi connectivity index (χ1v) is 16.2. The van der Waals surface area contributed by atoms with Crippen LogP contribution in [0.3, 0.4) is 0 Å². The monoisotopic (exact) mass is 613 g/mol. The van der Waals surface area contributed by atoms with Crippen LogP contribution in [0.1, 0.15) is 44.7 Å². The molecule has 4 aromatic rings. The highest BCUT2D eigenvalue weighted by atomic mass is 32.2. The van der Waals surface area contributed by atoms with Gasteiger partial charge in [-0.15, -0.1) is 0 Å². The van der Waals surface area contributed by atoms with E-state index >= 15 is 0 Å². The van der Waals surface area contributed by atoms with Crippen LogP contribution in [0.25, 0.3) is 10.8 Å². The third-order valence-electron chi connectivity index (χ3n) is 7.69. The lowest BCUT2D eigenvalue weighted by atomic mass is 10.00. The molecule has 0 spiro atoms. The Kier molecular flexibility index (Phi) is 8.97. The van der Waals surface area contributed by atoms with Crippen molar-refractivity contribution in [1.29, 1.82) is 0 Å². The number of nitrogens with one attached hydrogen (secondary N) is 1. The molecule has 0 radical (unpaired) electrons. The molecular weight excluding hydrogens is 574 g/mol. The summed E-state index contributed by atoms with van der Waals surface area (Å²) in [5, 5.41) is 4.64. The predicted molar refractivity (Wildman–Crippen MR) is 173 cm³/mol. The molecule has 2 amide bonds. The maximum Gasteiger partial charge on any atom is 0.265 e. The zero-order valence-electron chi connectivity index (χ0n) is 25.6. The molecule has 0 saturated heterocycles. The van der Waals surface area contributed by atoms with Crippen LogP contribution >= 0.6 is 0 Å². The molecule has 1 aliphatic rings. The van der Waals surface area contributed by atoms with Crippen LogP contribution in [-0.4, -0.2) is 50.4 Å². The lowest BCUT2D eigenvalue weighted by molar-refractivity contribution is -0.142. The molecule has 1 N–H and O–H groups in total. The SMILES string of the molecule is COc1cccc(CN(C(=O)CCCN2c3cccc4cccc(c34)S2(=O)=O)[C@H](Cc2ccccc2)C(=O)NC(C)(C)C)c1. The number of rotatable bonds is 11. The fourth-order valence-corrected chi connectivity index (χ4v) is 7.44. The molecule has 8 nitrogen and oxygen atoms in total. The van der Waals surface area contributed by atoms with E-state index in [0.29, 0.717) is 28.1 Å². The first-order valence-electron chi connectivity index (χ1n) is 14.8. The van der Waals surface area contributed by atoms with Gasteiger partial charge < -0.3 is 15.0 Å². The molecule has 1 aliphatic heterocycles. The van der Waals surface area contributed by atoms with Gasteiger partial charge in [0.2, 0.25) is 11.8 Å². The Balaban J connectivity index is 1.42. The Hall–Kier alpha value is -4.37. The molecule has 5 rings (SSSR count). The minimum absolute atomic E-state index is 0.0659. The van der Waals surface area contributed by atoms with Gasteiger partial charge in [0.05, 0.1) is 17.7 Å². The van der Waals surface area contributed by atoms with Crippen molar-refractivity contribution in [2.24, 2.45) is 0 Å². The van der Waals surface area contributed by atoms with E-state index < -0.39 is 21.6 Å². The second-order valence-electron chi connectivity index (χ2n) is 12.1. The molecule has 0 fully saturated rings. The van der Waals surface area contributed by atoms with Gasteiger partial charge in [-0.1, -0.05) is 66.7 Å². The zero-order valence-corrected chi connectivity index (χ0v) is 26.4. The highest BCUT2D eigenvalue weighted by Gasteiger charge is 2.36. The van der Waals surface area contributed by atoms with E-state index in [1.54, 1.807) is 30.2 Å². The summed E-state index contributed by atoms with van der Waals surface area (Å²) in [6.07, 6.45) is 0.683. The summed E-state index contributed by atoms with van der Waals surface area (Å²) in [6, 6.07) is 27.1. The molecule has 0 bridgehead atoms. The van der Waals surface area contributed by atoms with Crippen molar-refractivity contribution in [1.82, 2.24) is 10.2 Å². The van der Waals surface area contributed by atoms with Crippen molar-refractivity contribution in [2.45, 2.75) is 63.1 Å². The molecule has 44 heavy (non-hydrogen) atoms. The Bertz CT molecular complexity index is 1760. The van der Waals surface area contributed by atoms with E-state index in [1.807, 2.05) is 93.6 Å². The van der Waals surface area contributed by atoms with Gasteiger partial charge in [0.15, 0.2) is 0 Å². The number of hydrogen-bond acceptors (Lipinski definition) is 5. The number of carbonyl (C=O) groups is 2. The maximum atomic E-state index is 14.1. The number of sulfonamides is 1. The summed E-state index contributed by atoms with van der Waals surface area (Å²) in [5.74, 6) is 0.175. The molecule has 0 unspecified atom stereocenters. The molecule has 1 atom stereocenters. The summed E-state index contributed by atoms with van der Waals surface area (Å²) in [6.45, 7) is 6.07. The van der Waals surface area contributed by atoms with Crippen LogP contribution in [0.4, 0.5) is 5.69 Å². The van der Waals surface area contributed by atoms with Gasteiger partial charge in [0, 0.05) is 36.9 Å². The van der Waals surface area contributed by atoms with E-state index in [1.165, 1.54) is 4.31 Å². The Labute approximate surface area is 259 Å². The van der Waals surface area contributed by atoms with Crippen molar-refractivity contribution < 1.29 is 22.7 Å². The number of carbonyl (C=O) groups excluding carboxylic acids is 2. The summed E-state index contributed by atoms with van der Waals surface area (Å²) in [5.41, 5.74) is 1.88. The average molecular weight is 614 g/mol. The van der Waals surface area contributed by atoms with E-state index in [4.69, 9.17) is 4.74 Å². The first kappa shape index (κ1) is 31.1. The minimum Gasteiger partial charge on any atom is -0.497 e. The second-order valence-corrected chi connectivity index (χ2v) is 14.0. The minimum atomic E-state index is -3.73. The average Bonchev–Trinajstić information content (AvgIpc) is 3.21. The van der Waals surface area contributed by atoms with Gasteiger partial charge in [0.25, 0.3) is 10.0 Å². The topological polar surface area (TPSA) is 96.0 Å². The fourth-order valence-electron chi connectivity index (χ4n) is 5.69. The van der Waals surface area contributed by atoms with Crippen molar-refractivity contribution in [3.05, 3.63) is 102 Å². The smallest absolute Gasteiger partial charge is 0.265 e. The number of benzene rings is 4. The van der Waals surface area contributed by atoms with Crippen molar-refractivity contribution in [3.63, 3.8) is 0 Å². The van der Waals surface area contributed by atoms with Gasteiger partial charge >= 0.3 is 0 Å². The lowest BCUT2D eigenvalue weighted by Crippen LogP contribution is -2.54. The highest BCUT2D eigenvalue weighted by Crippen LogP contribution is 2.42. The summed E-state index contributed by atoms with van der Waals surface area (Å²) in [4.78, 5) is 29.8. The molecule has 0 saturated carbocycles. The maximum absolute atomic E-state index is 14.1. The number of nitrogens with zero attached hydrogens (tertiary/aromatic N) is 2. The summed E-state index contributed by atoms with van der Waals surface area (Å²) < 4.78 is 33.8. The number of hydrogen-bond donors (Lipinski definition) is 1. The number of methoxy groups -OCH3 is 1. The second kappa shape index (κ2) is 12.7. The van der Waals surface area contributed by atoms with E-state index in [2.05, 4.69) is 5.32 Å². The molecule has 4 aromatic carbocycles. The van der Waals surface area contributed by atoms with Gasteiger partial charge in [-0.25, -0.2) is 8.42 Å². The molecular formula is C35H39N3O5S.